The molecule has 142 valence electrons. The van der Waals surface area contributed by atoms with Crippen molar-refractivity contribution < 1.29 is 9.53 Å². The summed E-state index contributed by atoms with van der Waals surface area (Å²) < 4.78 is 4.75. The molecule has 0 spiro atoms. The number of imidazole rings is 1. The molecule has 0 saturated carbocycles. The van der Waals surface area contributed by atoms with Gasteiger partial charge in [0.2, 0.25) is 5.95 Å². The molecule has 1 fully saturated rings. The monoisotopic (exact) mass is 386 g/mol. The highest BCUT2D eigenvalue weighted by Crippen LogP contribution is 2.29. The molecule has 27 heavy (non-hydrogen) atoms. The summed E-state index contributed by atoms with van der Waals surface area (Å²) in [6.45, 7) is 1.77. The third-order valence-electron chi connectivity index (χ3n) is 4.91. The summed E-state index contributed by atoms with van der Waals surface area (Å²) in [5.74, 6) is 2.05. The molecule has 1 aliphatic rings. The van der Waals surface area contributed by atoms with E-state index < -0.39 is 0 Å². The highest BCUT2D eigenvalue weighted by atomic mass is 32.1. The largest absolute Gasteiger partial charge is 0.469 e. The Morgan fingerprint density at radius 1 is 1.44 bits per heavy atom. The molecule has 4 rings (SSSR count). The summed E-state index contributed by atoms with van der Waals surface area (Å²) in [5.41, 5.74) is 7.39. The first-order chi connectivity index (χ1) is 13.1. The van der Waals surface area contributed by atoms with Gasteiger partial charge in [-0.05, 0) is 36.6 Å². The van der Waals surface area contributed by atoms with Gasteiger partial charge in [0, 0.05) is 19.5 Å². The first kappa shape index (κ1) is 17.7. The maximum Gasteiger partial charge on any atom is 0.305 e. The molecule has 0 bridgehead atoms. The van der Waals surface area contributed by atoms with Gasteiger partial charge in [-0.25, -0.2) is 9.97 Å². The number of fused-ring (bicyclic) bond motifs is 1. The Balaban J connectivity index is 1.55. The zero-order valence-corrected chi connectivity index (χ0v) is 16.0. The van der Waals surface area contributed by atoms with E-state index in [0.29, 0.717) is 35.1 Å². The third kappa shape index (κ3) is 3.73. The minimum Gasteiger partial charge on any atom is -0.469 e. The number of methoxy groups -OCH3 is 1. The summed E-state index contributed by atoms with van der Waals surface area (Å²) >= 11 is 1.57. The van der Waals surface area contributed by atoms with E-state index in [0.717, 1.165) is 43.2 Å². The first-order valence-electron chi connectivity index (χ1n) is 9.03. The second kappa shape index (κ2) is 7.51. The number of carbonyl (C=O) groups is 1. The summed E-state index contributed by atoms with van der Waals surface area (Å²) in [5, 5.41) is 1.98. The Labute approximate surface area is 160 Å². The van der Waals surface area contributed by atoms with Crippen LogP contribution in [-0.4, -0.2) is 46.1 Å². The van der Waals surface area contributed by atoms with Crippen molar-refractivity contribution in [2.75, 3.05) is 30.8 Å². The number of nitrogen functional groups attached to an aromatic ring is 1. The van der Waals surface area contributed by atoms with E-state index in [2.05, 4.69) is 24.8 Å². The number of hydrogen-bond donors (Lipinski definition) is 2. The smallest absolute Gasteiger partial charge is 0.305 e. The number of anilines is 2. The normalized spacial score (nSPS) is 17.4. The van der Waals surface area contributed by atoms with Crippen LogP contribution in [-0.2, 0) is 9.53 Å². The molecule has 0 aromatic carbocycles. The van der Waals surface area contributed by atoms with Crippen LogP contribution in [0.2, 0.25) is 0 Å². The molecule has 3 aromatic heterocycles. The standard InChI is InChI=1S/C18H22N6O2S/c1-26-13(25)7-6-11-4-2-8-24(10-11)18-20-14-15(19)21-16(22-17(14)23-18)12-5-3-9-27-12/h3,5,9,11H,2,4,6-8,10H2,1H3,(H3,19,20,21,22,23). The predicted molar refractivity (Wildman–Crippen MR) is 106 cm³/mol. The fraction of sp³-hybridized carbons (Fsp3) is 0.444. The molecule has 4 heterocycles. The Morgan fingerprint density at radius 2 is 2.33 bits per heavy atom. The zero-order valence-electron chi connectivity index (χ0n) is 15.1. The van der Waals surface area contributed by atoms with Gasteiger partial charge in [-0.15, -0.1) is 11.3 Å². The second-order valence-corrected chi connectivity index (χ2v) is 7.69. The van der Waals surface area contributed by atoms with Gasteiger partial charge in [0.1, 0.15) is 5.52 Å². The van der Waals surface area contributed by atoms with Gasteiger partial charge in [0.05, 0.1) is 12.0 Å². The maximum absolute atomic E-state index is 11.4. The van der Waals surface area contributed by atoms with Crippen molar-refractivity contribution in [2.24, 2.45) is 5.92 Å². The Morgan fingerprint density at radius 3 is 3.11 bits per heavy atom. The van der Waals surface area contributed by atoms with Gasteiger partial charge in [0.15, 0.2) is 17.3 Å². The molecule has 1 unspecified atom stereocenters. The van der Waals surface area contributed by atoms with Crippen LogP contribution in [0.4, 0.5) is 11.8 Å². The number of rotatable bonds is 5. The minimum absolute atomic E-state index is 0.153. The Kier molecular flexibility index (Phi) is 4.93. The number of H-pyrrole nitrogens is 1. The highest BCUT2D eigenvalue weighted by molar-refractivity contribution is 7.13. The van der Waals surface area contributed by atoms with E-state index in [-0.39, 0.29) is 5.97 Å². The number of aromatic nitrogens is 4. The summed E-state index contributed by atoms with van der Waals surface area (Å²) in [4.78, 5) is 31.5. The van der Waals surface area contributed by atoms with Crippen LogP contribution in [0.3, 0.4) is 0 Å². The number of ether oxygens (including phenoxy) is 1. The van der Waals surface area contributed by atoms with Crippen LogP contribution < -0.4 is 10.6 Å². The fourth-order valence-corrected chi connectivity index (χ4v) is 4.15. The average molecular weight is 386 g/mol. The summed E-state index contributed by atoms with van der Waals surface area (Å²) in [6, 6.07) is 3.93. The third-order valence-corrected chi connectivity index (χ3v) is 5.78. The number of nitrogens with two attached hydrogens (primary N) is 1. The highest BCUT2D eigenvalue weighted by Gasteiger charge is 2.24. The van der Waals surface area contributed by atoms with Gasteiger partial charge >= 0.3 is 5.97 Å². The maximum atomic E-state index is 11.4. The molecule has 9 heteroatoms. The predicted octanol–water partition coefficient (Wildman–Crippen LogP) is 2.83. The molecule has 1 saturated heterocycles. The number of carbonyl (C=O) groups excluding carboxylic acids is 1. The minimum atomic E-state index is -0.153. The van der Waals surface area contributed by atoms with Gasteiger partial charge in [0.25, 0.3) is 0 Å². The molecular weight excluding hydrogens is 364 g/mol. The van der Waals surface area contributed by atoms with Crippen molar-refractivity contribution >= 4 is 40.2 Å². The van der Waals surface area contributed by atoms with Crippen molar-refractivity contribution in [3.05, 3.63) is 17.5 Å². The van der Waals surface area contributed by atoms with Crippen molar-refractivity contribution in [3.63, 3.8) is 0 Å². The second-order valence-electron chi connectivity index (χ2n) is 6.74. The quantitative estimate of drug-likeness (QED) is 0.649. The number of aromatic amines is 1. The SMILES string of the molecule is COC(=O)CCC1CCCN(c2nc3nc(-c4cccs4)nc(N)c3[nH]2)C1. The molecule has 0 amide bonds. The number of nitrogens with one attached hydrogen (secondary N) is 1. The van der Waals surface area contributed by atoms with Crippen LogP contribution >= 0.6 is 11.3 Å². The summed E-state index contributed by atoms with van der Waals surface area (Å²) in [7, 11) is 1.43. The molecule has 1 atom stereocenters. The van der Waals surface area contributed by atoms with Gasteiger partial charge in [-0.2, -0.15) is 4.98 Å². The molecule has 3 aromatic rings. The van der Waals surface area contributed by atoms with Crippen LogP contribution in [0.15, 0.2) is 17.5 Å². The van der Waals surface area contributed by atoms with Crippen LogP contribution in [0.5, 0.6) is 0 Å². The fourth-order valence-electron chi connectivity index (χ4n) is 3.49. The van der Waals surface area contributed by atoms with Crippen molar-refractivity contribution in [1.82, 2.24) is 19.9 Å². The van der Waals surface area contributed by atoms with Crippen LogP contribution in [0, 0.1) is 5.92 Å². The number of hydrogen-bond acceptors (Lipinski definition) is 8. The van der Waals surface area contributed by atoms with Crippen LogP contribution in [0.25, 0.3) is 21.9 Å². The molecular formula is C18H22N6O2S. The van der Waals surface area contributed by atoms with Gasteiger partial charge < -0.3 is 20.4 Å². The number of esters is 1. The van der Waals surface area contributed by atoms with Gasteiger partial charge in [-0.1, -0.05) is 6.07 Å². The molecule has 8 nitrogen and oxygen atoms in total. The van der Waals surface area contributed by atoms with Crippen molar-refractivity contribution in [3.8, 4) is 10.7 Å². The van der Waals surface area contributed by atoms with Crippen molar-refractivity contribution in [2.45, 2.75) is 25.7 Å². The first-order valence-corrected chi connectivity index (χ1v) is 9.91. The Bertz CT molecular complexity index is 939. The lowest BCUT2D eigenvalue weighted by molar-refractivity contribution is -0.140. The number of nitrogens with zero attached hydrogens (tertiary/aromatic N) is 4. The summed E-state index contributed by atoms with van der Waals surface area (Å²) in [6.07, 6.45) is 3.45. The lowest BCUT2D eigenvalue weighted by Crippen LogP contribution is -2.36. The number of thiophene rings is 1. The lowest BCUT2D eigenvalue weighted by atomic mass is 9.93. The van der Waals surface area contributed by atoms with Gasteiger partial charge in [-0.3, -0.25) is 4.79 Å². The van der Waals surface area contributed by atoms with E-state index in [4.69, 9.17) is 10.5 Å². The molecule has 1 aliphatic heterocycles. The molecule has 0 radical (unpaired) electrons. The van der Waals surface area contributed by atoms with E-state index in [1.54, 1.807) is 11.3 Å². The van der Waals surface area contributed by atoms with E-state index in [1.807, 2.05) is 17.5 Å². The van der Waals surface area contributed by atoms with E-state index >= 15 is 0 Å². The Hall–Kier alpha value is -2.68. The van der Waals surface area contributed by atoms with E-state index in [1.165, 1.54) is 7.11 Å². The average Bonchev–Trinajstić information content (AvgIpc) is 3.36. The topological polar surface area (TPSA) is 110 Å². The van der Waals surface area contributed by atoms with E-state index in [9.17, 15) is 4.79 Å². The molecule has 3 N–H and O–H groups in total. The lowest BCUT2D eigenvalue weighted by Gasteiger charge is -2.32. The van der Waals surface area contributed by atoms with Crippen molar-refractivity contribution in [1.29, 1.82) is 0 Å². The molecule has 0 aliphatic carbocycles. The number of piperidine rings is 1. The van der Waals surface area contributed by atoms with Crippen LogP contribution in [0.1, 0.15) is 25.7 Å². The zero-order chi connectivity index (χ0) is 18.8.